The Morgan fingerprint density at radius 1 is 0.944 bits per heavy atom. The molecule has 104 valence electrons. The molecule has 0 radical (unpaired) electrons. The summed E-state index contributed by atoms with van der Waals surface area (Å²) in [5, 5.41) is 10.3. The molecule has 0 heterocycles. The van der Waals surface area contributed by atoms with Crippen molar-refractivity contribution in [2.75, 3.05) is 0 Å². The standard InChI is InChI=1S/C17H30O/c1-11(2)13-5-6-17(18)16(9-13)10-15-8-12-3-4-14(15)7-12/h11-18H,3-10H2,1-2H3. The molecule has 0 amide bonds. The predicted octanol–water partition coefficient (Wildman–Crippen LogP) is 4.25. The van der Waals surface area contributed by atoms with E-state index in [1.165, 1.54) is 44.9 Å². The van der Waals surface area contributed by atoms with Crippen LogP contribution in [0.5, 0.6) is 0 Å². The predicted molar refractivity (Wildman–Crippen MR) is 75.2 cm³/mol. The number of aliphatic hydroxyl groups excluding tert-OH is 1. The van der Waals surface area contributed by atoms with E-state index in [1.807, 2.05) is 0 Å². The van der Waals surface area contributed by atoms with Gasteiger partial charge in [-0.15, -0.1) is 0 Å². The zero-order valence-corrected chi connectivity index (χ0v) is 12.1. The summed E-state index contributed by atoms with van der Waals surface area (Å²) in [7, 11) is 0. The number of hydrogen-bond donors (Lipinski definition) is 1. The van der Waals surface area contributed by atoms with Crippen molar-refractivity contribution in [2.24, 2.45) is 35.5 Å². The minimum Gasteiger partial charge on any atom is -0.393 e. The van der Waals surface area contributed by atoms with Crippen LogP contribution in [-0.2, 0) is 0 Å². The molecule has 6 atom stereocenters. The second-order valence-corrected chi connectivity index (χ2v) is 7.82. The van der Waals surface area contributed by atoms with Crippen LogP contribution in [0, 0.1) is 35.5 Å². The smallest absolute Gasteiger partial charge is 0.0568 e. The van der Waals surface area contributed by atoms with Crippen LogP contribution in [0.1, 0.15) is 65.2 Å². The average molecular weight is 250 g/mol. The second-order valence-electron chi connectivity index (χ2n) is 7.82. The molecule has 0 saturated heterocycles. The molecule has 3 fully saturated rings. The van der Waals surface area contributed by atoms with Crippen molar-refractivity contribution in [3.8, 4) is 0 Å². The van der Waals surface area contributed by atoms with Gasteiger partial charge in [0, 0.05) is 0 Å². The first-order chi connectivity index (χ1) is 8.63. The number of fused-ring (bicyclic) bond motifs is 2. The molecule has 0 aromatic rings. The molecule has 1 nitrogen and oxygen atoms in total. The fourth-order valence-electron chi connectivity index (χ4n) is 5.20. The van der Waals surface area contributed by atoms with Gasteiger partial charge in [0.25, 0.3) is 0 Å². The lowest BCUT2D eigenvalue weighted by molar-refractivity contribution is 0.0209. The fraction of sp³-hybridized carbons (Fsp3) is 1.00. The SMILES string of the molecule is CC(C)C1CCC(O)C(CC2CC3CCC2C3)C1. The highest BCUT2D eigenvalue weighted by Crippen LogP contribution is 2.51. The number of hydrogen-bond acceptors (Lipinski definition) is 1. The van der Waals surface area contributed by atoms with Crippen LogP contribution >= 0.6 is 0 Å². The van der Waals surface area contributed by atoms with E-state index in [4.69, 9.17) is 0 Å². The van der Waals surface area contributed by atoms with Crippen molar-refractivity contribution < 1.29 is 5.11 Å². The van der Waals surface area contributed by atoms with Crippen molar-refractivity contribution in [3.63, 3.8) is 0 Å². The van der Waals surface area contributed by atoms with E-state index in [-0.39, 0.29) is 6.10 Å². The molecular weight excluding hydrogens is 220 g/mol. The maximum absolute atomic E-state index is 10.3. The van der Waals surface area contributed by atoms with E-state index in [0.717, 1.165) is 36.0 Å². The third-order valence-corrected chi connectivity index (χ3v) is 6.42. The van der Waals surface area contributed by atoms with E-state index >= 15 is 0 Å². The maximum Gasteiger partial charge on any atom is 0.0568 e. The molecule has 6 unspecified atom stereocenters. The summed E-state index contributed by atoms with van der Waals surface area (Å²) in [5.74, 6) is 5.35. The molecule has 3 aliphatic rings. The van der Waals surface area contributed by atoms with E-state index in [9.17, 15) is 5.11 Å². The Hall–Kier alpha value is -0.0400. The van der Waals surface area contributed by atoms with Gasteiger partial charge >= 0.3 is 0 Å². The van der Waals surface area contributed by atoms with E-state index in [0.29, 0.717) is 5.92 Å². The quantitative estimate of drug-likeness (QED) is 0.794. The average Bonchev–Trinajstić information content (AvgIpc) is 2.93. The lowest BCUT2D eigenvalue weighted by Crippen LogP contribution is -2.33. The van der Waals surface area contributed by atoms with Gasteiger partial charge in [-0.2, -0.15) is 0 Å². The van der Waals surface area contributed by atoms with Gasteiger partial charge in [0.15, 0.2) is 0 Å². The maximum atomic E-state index is 10.3. The molecule has 18 heavy (non-hydrogen) atoms. The summed E-state index contributed by atoms with van der Waals surface area (Å²) in [6.07, 6.45) is 11.0. The third kappa shape index (κ3) is 2.48. The first kappa shape index (κ1) is 13.0. The van der Waals surface area contributed by atoms with Gasteiger partial charge in [-0.25, -0.2) is 0 Å². The van der Waals surface area contributed by atoms with Gasteiger partial charge in [-0.05, 0) is 80.5 Å². The van der Waals surface area contributed by atoms with Crippen molar-refractivity contribution in [1.82, 2.24) is 0 Å². The summed E-state index contributed by atoms with van der Waals surface area (Å²) in [5.41, 5.74) is 0. The Morgan fingerprint density at radius 3 is 2.39 bits per heavy atom. The molecule has 1 heteroatoms. The van der Waals surface area contributed by atoms with Crippen LogP contribution in [-0.4, -0.2) is 11.2 Å². The molecule has 0 aromatic carbocycles. The molecule has 3 aliphatic carbocycles. The van der Waals surface area contributed by atoms with Crippen molar-refractivity contribution >= 4 is 0 Å². The lowest BCUT2D eigenvalue weighted by atomic mass is 9.70. The van der Waals surface area contributed by atoms with Gasteiger partial charge < -0.3 is 5.11 Å². The highest BCUT2D eigenvalue weighted by atomic mass is 16.3. The van der Waals surface area contributed by atoms with E-state index < -0.39 is 0 Å². The van der Waals surface area contributed by atoms with Crippen LogP contribution in [0.15, 0.2) is 0 Å². The molecule has 3 saturated carbocycles. The molecule has 0 aliphatic heterocycles. The Kier molecular flexibility index (Phi) is 3.71. The van der Waals surface area contributed by atoms with Crippen molar-refractivity contribution in [1.29, 1.82) is 0 Å². The van der Waals surface area contributed by atoms with Crippen LogP contribution in [0.25, 0.3) is 0 Å². The highest BCUT2D eigenvalue weighted by molar-refractivity contribution is 4.92. The van der Waals surface area contributed by atoms with Crippen molar-refractivity contribution in [2.45, 2.75) is 71.3 Å². The third-order valence-electron chi connectivity index (χ3n) is 6.42. The molecular formula is C17H30O. The molecule has 1 N–H and O–H groups in total. The number of aliphatic hydroxyl groups is 1. The Balaban J connectivity index is 1.57. The zero-order chi connectivity index (χ0) is 12.7. The number of rotatable bonds is 3. The van der Waals surface area contributed by atoms with Gasteiger partial charge in [0.1, 0.15) is 0 Å². The summed E-state index contributed by atoms with van der Waals surface area (Å²) < 4.78 is 0. The molecule has 2 bridgehead atoms. The van der Waals surface area contributed by atoms with Crippen LogP contribution in [0.4, 0.5) is 0 Å². The first-order valence-electron chi connectivity index (χ1n) is 8.31. The van der Waals surface area contributed by atoms with Gasteiger partial charge in [0.2, 0.25) is 0 Å². The summed E-state index contributed by atoms with van der Waals surface area (Å²) >= 11 is 0. The summed E-state index contributed by atoms with van der Waals surface area (Å²) in [6.45, 7) is 4.72. The van der Waals surface area contributed by atoms with Crippen LogP contribution in [0.3, 0.4) is 0 Å². The molecule has 0 aromatic heterocycles. The van der Waals surface area contributed by atoms with E-state index in [2.05, 4.69) is 13.8 Å². The first-order valence-corrected chi connectivity index (χ1v) is 8.31. The highest BCUT2D eigenvalue weighted by Gasteiger charge is 2.42. The lowest BCUT2D eigenvalue weighted by Gasteiger charge is -2.37. The second kappa shape index (κ2) is 5.15. The minimum absolute atomic E-state index is 0.0131. The Morgan fingerprint density at radius 2 is 1.78 bits per heavy atom. The Labute approximate surface area is 112 Å². The van der Waals surface area contributed by atoms with Gasteiger partial charge in [-0.3, -0.25) is 0 Å². The van der Waals surface area contributed by atoms with Gasteiger partial charge in [0.05, 0.1) is 6.10 Å². The minimum atomic E-state index is 0.0131. The largest absolute Gasteiger partial charge is 0.393 e. The summed E-state index contributed by atoms with van der Waals surface area (Å²) in [4.78, 5) is 0. The molecule has 0 spiro atoms. The van der Waals surface area contributed by atoms with Gasteiger partial charge in [-0.1, -0.05) is 20.3 Å². The van der Waals surface area contributed by atoms with E-state index in [1.54, 1.807) is 0 Å². The van der Waals surface area contributed by atoms with Crippen LogP contribution < -0.4 is 0 Å². The van der Waals surface area contributed by atoms with Crippen molar-refractivity contribution in [3.05, 3.63) is 0 Å². The zero-order valence-electron chi connectivity index (χ0n) is 12.1. The fourth-order valence-corrected chi connectivity index (χ4v) is 5.20. The molecule has 3 rings (SSSR count). The topological polar surface area (TPSA) is 20.2 Å². The monoisotopic (exact) mass is 250 g/mol. The van der Waals surface area contributed by atoms with Crippen LogP contribution in [0.2, 0.25) is 0 Å². The summed E-state index contributed by atoms with van der Waals surface area (Å²) in [6, 6.07) is 0. The normalized spacial score (nSPS) is 48.0. The Bertz CT molecular complexity index is 285.